The van der Waals surface area contributed by atoms with Gasteiger partial charge in [0.15, 0.2) is 6.10 Å². The van der Waals surface area contributed by atoms with Gasteiger partial charge in [0.2, 0.25) is 0 Å². The minimum absolute atomic E-state index is 0.524. The van der Waals surface area contributed by atoms with Crippen molar-refractivity contribution in [3.63, 3.8) is 0 Å². The van der Waals surface area contributed by atoms with Crippen LogP contribution >= 0.6 is 0 Å². The van der Waals surface area contributed by atoms with Crippen LogP contribution in [0.15, 0.2) is 24.3 Å². The van der Waals surface area contributed by atoms with Crippen LogP contribution in [-0.2, 0) is 16.0 Å². The molecular formula is C19H30O7. The van der Waals surface area contributed by atoms with E-state index in [2.05, 4.69) is 13.8 Å². The Hall–Kier alpha value is -1.51. The molecule has 0 bridgehead atoms. The second-order valence-corrected chi connectivity index (χ2v) is 6.95. The Morgan fingerprint density at radius 2 is 1.54 bits per heavy atom. The number of benzene rings is 1. The molecule has 5 N–H and O–H groups in total. The summed E-state index contributed by atoms with van der Waals surface area (Å²) in [5.74, 6) is -0.787. The number of aliphatic hydroxyl groups excluding tert-OH is 5. The molecule has 26 heavy (non-hydrogen) atoms. The third-order valence-electron chi connectivity index (χ3n) is 4.24. The van der Waals surface area contributed by atoms with Crippen LogP contribution < -0.4 is 0 Å². The lowest BCUT2D eigenvalue weighted by Crippen LogP contribution is -2.49. The maximum absolute atomic E-state index is 12.3. The van der Waals surface area contributed by atoms with E-state index in [9.17, 15) is 25.2 Å². The molecule has 0 amide bonds. The summed E-state index contributed by atoms with van der Waals surface area (Å²) in [7, 11) is 0. The van der Waals surface area contributed by atoms with E-state index in [4.69, 9.17) is 9.84 Å². The van der Waals surface area contributed by atoms with Gasteiger partial charge in [-0.3, -0.25) is 4.79 Å². The van der Waals surface area contributed by atoms with Crippen LogP contribution in [0.3, 0.4) is 0 Å². The third kappa shape index (κ3) is 6.34. The van der Waals surface area contributed by atoms with Crippen molar-refractivity contribution in [3.05, 3.63) is 35.4 Å². The average Bonchev–Trinajstić information content (AvgIpc) is 2.63. The van der Waals surface area contributed by atoms with E-state index in [1.165, 1.54) is 0 Å². The smallest absolute Gasteiger partial charge is 0.313 e. The highest BCUT2D eigenvalue weighted by Crippen LogP contribution is 2.20. The zero-order chi connectivity index (χ0) is 19.9. The first kappa shape index (κ1) is 22.5. The van der Waals surface area contributed by atoms with Crippen molar-refractivity contribution in [2.24, 2.45) is 5.92 Å². The summed E-state index contributed by atoms with van der Waals surface area (Å²) >= 11 is 0. The summed E-state index contributed by atoms with van der Waals surface area (Å²) < 4.78 is 5.10. The molecule has 0 aromatic heterocycles. The van der Waals surface area contributed by atoms with Gasteiger partial charge in [0.05, 0.1) is 19.1 Å². The second kappa shape index (κ2) is 10.6. The van der Waals surface area contributed by atoms with Gasteiger partial charge in [-0.05, 0) is 30.4 Å². The van der Waals surface area contributed by atoms with Gasteiger partial charge in [-0.25, -0.2) is 0 Å². The molecular weight excluding hydrogens is 340 g/mol. The first-order chi connectivity index (χ1) is 12.2. The molecule has 148 valence electrons. The van der Waals surface area contributed by atoms with E-state index < -0.39 is 49.5 Å². The van der Waals surface area contributed by atoms with E-state index in [1.807, 2.05) is 24.3 Å². The Bertz CT molecular complexity index is 543. The Kier molecular flexibility index (Phi) is 9.18. The molecule has 7 nitrogen and oxygen atoms in total. The largest absolute Gasteiger partial charge is 0.457 e. The standard InChI is InChI=1S/C19H30O7/c1-11(2)8-13-4-6-14(7-5-13)12(3)19(25)26-16(10-21)18(24)17(23)15(22)9-20/h4-7,11-12,15-18,20-24H,8-10H2,1-3H3. The van der Waals surface area contributed by atoms with Crippen molar-refractivity contribution in [3.8, 4) is 0 Å². The molecule has 0 aliphatic carbocycles. The average molecular weight is 370 g/mol. The number of aliphatic hydroxyl groups is 5. The van der Waals surface area contributed by atoms with Crippen LogP contribution in [-0.4, -0.2) is 69.1 Å². The molecule has 0 saturated carbocycles. The molecule has 5 unspecified atom stereocenters. The van der Waals surface area contributed by atoms with E-state index in [1.54, 1.807) is 6.92 Å². The van der Waals surface area contributed by atoms with E-state index >= 15 is 0 Å². The zero-order valence-corrected chi connectivity index (χ0v) is 15.4. The van der Waals surface area contributed by atoms with Gasteiger partial charge in [-0.15, -0.1) is 0 Å². The minimum Gasteiger partial charge on any atom is -0.457 e. The topological polar surface area (TPSA) is 127 Å². The van der Waals surface area contributed by atoms with Crippen LogP contribution in [0, 0.1) is 5.92 Å². The van der Waals surface area contributed by atoms with Gasteiger partial charge in [-0.2, -0.15) is 0 Å². The molecule has 0 fully saturated rings. The van der Waals surface area contributed by atoms with Gasteiger partial charge in [0.25, 0.3) is 0 Å². The van der Waals surface area contributed by atoms with Crippen LogP contribution in [0.4, 0.5) is 0 Å². The van der Waals surface area contributed by atoms with Crippen molar-refractivity contribution in [2.75, 3.05) is 13.2 Å². The number of ether oxygens (including phenoxy) is 1. The minimum atomic E-state index is -1.75. The van der Waals surface area contributed by atoms with Gasteiger partial charge >= 0.3 is 5.97 Å². The lowest BCUT2D eigenvalue weighted by molar-refractivity contribution is -0.172. The zero-order valence-electron chi connectivity index (χ0n) is 15.4. The SMILES string of the molecule is CC(C)Cc1ccc(C(C)C(=O)OC(CO)C(O)C(O)C(O)CO)cc1. The van der Waals surface area contributed by atoms with E-state index in [0.29, 0.717) is 5.92 Å². The monoisotopic (exact) mass is 370 g/mol. The molecule has 1 aromatic rings. The van der Waals surface area contributed by atoms with E-state index in [0.717, 1.165) is 17.5 Å². The Morgan fingerprint density at radius 1 is 0.962 bits per heavy atom. The van der Waals surface area contributed by atoms with Crippen molar-refractivity contribution < 1.29 is 35.1 Å². The summed E-state index contributed by atoms with van der Waals surface area (Å²) in [5.41, 5.74) is 1.89. The highest BCUT2D eigenvalue weighted by molar-refractivity contribution is 5.77. The van der Waals surface area contributed by atoms with Gasteiger partial charge in [0.1, 0.15) is 18.3 Å². The Labute approximate surface area is 153 Å². The summed E-state index contributed by atoms with van der Waals surface area (Å²) in [6.07, 6.45) is -5.57. The number of hydrogen-bond acceptors (Lipinski definition) is 7. The fraction of sp³-hybridized carbons (Fsp3) is 0.632. The maximum Gasteiger partial charge on any atom is 0.313 e. The number of esters is 1. The molecule has 1 rings (SSSR count). The van der Waals surface area contributed by atoms with E-state index in [-0.39, 0.29) is 0 Å². The predicted molar refractivity (Wildman–Crippen MR) is 95.5 cm³/mol. The van der Waals surface area contributed by atoms with Crippen molar-refractivity contribution in [2.45, 2.75) is 57.5 Å². The van der Waals surface area contributed by atoms with Gasteiger partial charge in [0, 0.05) is 0 Å². The Morgan fingerprint density at radius 3 is 2.00 bits per heavy atom. The summed E-state index contributed by atoms with van der Waals surface area (Å²) in [5, 5.41) is 47.1. The molecule has 0 heterocycles. The fourth-order valence-corrected chi connectivity index (χ4v) is 2.57. The predicted octanol–water partition coefficient (Wildman–Crippen LogP) is -0.0323. The molecule has 5 atom stereocenters. The van der Waals surface area contributed by atoms with Crippen LogP contribution in [0.25, 0.3) is 0 Å². The van der Waals surface area contributed by atoms with Crippen LogP contribution in [0.5, 0.6) is 0 Å². The number of carbonyl (C=O) groups excluding carboxylic acids is 1. The third-order valence-corrected chi connectivity index (χ3v) is 4.24. The molecule has 0 saturated heterocycles. The molecule has 0 radical (unpaired) electrons. The highest BCUT2D eigenvalue weighted by Gasteiger charge is 2.34. The summed E-state index contributed by atoms with van der Waals surface area (Å²) in [6.45, 7) is 4.37. The second-order valence-electron chi connectivity index (χ2n) is 6.95. The molecule has 7 heteroatoms. The molecule has 0 spiro atoms. The van der Waals surface area contributed by atoms with Gasteiger partial charge < -0.3 is 30.3 Å². The lowest BCUT2D eigenvalue weighted by atomic mass is 9.96. The Balaban J connectivity index is 2.74. The van der Waals surface area contributed by atoms with Crippen molar-refractivity contribution >= 4 is 5.97 Å². The van der Waals surface area contributed by atoms with Crippen LogP contribution in [0.2, 0.25) is 0 Å². The highest BCUT2D eigenvalue weighted by atomic mass is 16.6. The van der Waals surface area contributed by atoms with Crippen LogP contribution in [0.1, 0.15) is 37.8 Å². The van der Waals surface area contributed by atoms with Crippen molar-refractivity contribution in [1.29, 1.82) is 0 Å². The first-order valence-electron chi connectivity index (χ1n) is 8.76. The quantitative estimate of drug-likeness (QED) is 0.366. The summed E-state index contributed by atoms with van der Waals surface area (Å²) in [4.78, 5) is 12.3. The lowest BCUT2D eigenvalue weighted by Gasteiger charge is -2.28. The number of rotatable bonds is 10. The normalized spacial score (nSPS) is 17.4. The van der Waals surface area contributed by atoms with Gasteiger partial charge in [-0.1, -0.05) is 38.1 Å². The maximum atomic E-state index is 12.3. The first-order valence-corrected chi connectivity index (χ1v) is 8.76. The molecule has 0 aliphatic heterocycles. The molecule has 0 aliphatic rings. The number of carbonyl (C=O) groups is 1. The fourth-order valence-electron chi connectivity index (χ4n) is 2.57. The number of hydrogen-bond donors (Lipinski definition) is 5. The molecule has 1 aromatic carbocycles. The summed E-state index contributed by atoms with van der Waals surface area (Å²) in [6, 6.07) is 7.55. The van der Waals surface area contributed by atoms with Crippen molar-refractivity contribution in [1.82, 2.24) is 0 Å².